The lowest BCUT2D eigenvalue weighted by Gasteiger charge is -2.35. The van der Waals surface area contributed by atoms with Crippen molar-refractivity contribution in [2.75, 3.05) is 24.2 Å². The molecule has 0 aliphatic heterocycles. The van der Waals surface area contributed by atoms with Crippen LogP contribution in [0.25, 0.3) is 0 Å². The SMILES string of the molecule is COc1cccc(CN(C(=O)CN(c2cc([N+](=O)[O-])ccc2C)S(C)(=O)=O)[C@@H](Cc2ccccc2)C(=O)NC(C)(C)C)c1. The molecule has 0 unspecified atom stereocenters. The summed E-state index contributed by atoms with van der Waals surface area (Å²) in [6.07, 6.45) is 1.09. The van der Waals surface area contributed by atoms with Gasteiger partial charge in [-0.25, -0.2) is 8.42 Å². The number of nitro benzene ring substituents is 1. The molecule has 43 heavy (non-hydrogen) atoms. The van der Waals surface area contributed by atoms with Gasteiger partial charge < -0.3 is 15.0 Å². The van der Waals surface area contributed by atoms with Crippen molar-refractivity contribution in [1.29, 1.82) is 0 Å². The molecule has 3 aromatic rings. The van der Waals surface area contributed by atoms with E-state index in [-0.39, 0.29) is 24.3 Å². The molecule has 11 nitrogen and oxygen atoms in total. The number of methoxy groups -OCH3 is 1. The number of aryl methyl sites for hydroxylation is 1. The fourth-order valence-corrected chi connectivity index (χ4v) is 5.45. The van der Waals surface area contributed by atoms with Gasteiger partial charge >= 0.3 is 0 Å². The minimum absolute atomic E-state index is 0.00475. The molecule has 3 aromatic carbocycles. The molecule has 0 aliphatic rings. The molecule has 1 atom stereocenters. The van der Waals surface area contributed by atoms with Gasteiger partial charge in [0.1, 0.15) is 18.3 Å². The van der Waals surface area contributed by atoms with Gasteiger partial charge in [-0.2, -0.15) is 0 Å². The predicted octanol–water partition coefficient (Wildman–Crippen LogP) is 4.23. The number of sulfonamides is 1. The van der Waals surface area contributed by atoms with Crippen LogP contribution in [0.5, 0.6) is 5.75 Å². The van der Waals surface area contributed by atoms with E-state index in [0.29, 0.717) is 16.9 Å². The number of nitro groups is 1. The minimum atomic E-state index is -4.09. The molecule has 0 heterocycles. The van der Waals surface area contributed by atoms with Crippen LogP contribution in [0.15, 0.2) is 72.8 Å². The Morgan fingerprint density at radius 2 is 1.65 bits per heavy atom. The third-order valence-corrected chi connectivity index (χ3v) is 7.73. The van der Waals surface area contributed by atoms with Crippen molar-refractivity contribution < 1.29 is 27.7 Å². The van der Waals surface area contributed by atoms with Gasteiger partial charge in [0.15, 0.2) is 0 Å². The molecule has 230 valence electrons. The van der Waals surface area contributed by atoms with E-state index >= 15 is 0 Å². The zero-order chi connectivity index (χ0) is 31.9. The molecule has 0 radical (unpaired) electrons. The lowest BCUT2D eigenvalue weighted by atomic mass is 10.0. The summed E-state index contributed by atoms with van der Waals surface area (Å²) in [5.74, 6) is -0.525. The number of amides is 2. The second kappa shape index (κ2) is 13.7. The van der Waals surface area contributed by atoms with Crippen LogP contribution in [-0.2, 0) is 32.6 Å². The number of hydrogen-bond acceptors (Lipinski definition) is 7. The Morgan fingerprint density at radius 1 is 1.00 bits per heavy atom. The Balaban J connectivity index is 2.14. The van der Waals surface area contributed by atoms with Crippen LogP contribution >= 0.6 is 0 Å². The number of hydrogen-bond donors (Lipinski definition) is 1. The summed E-state index contributed by atoms with van der Waals surface area (Å²) < 4.78 is 32.3. The number of carbonyl (C=O) groups excluding carboxylic acids is 2. The number of nitrogens with one attached hydrogen (secondary N) is 1. The standard InChI is InChI=1S/C31H38N4O7S/c1-22-15-16-25(35(38)39)19-27(22)34(43(6,40)41)21-29(36)33(20-24-13-10-14-26(17-24)42-5)28(30(37)32-31(2,3)4)18-23-11-8-7-9-12-23/h7-17,19,28H,18,20-21H2,1-6H3,(H,32,37)/t28-/m0/s1. The average Bonchev–Trinajstić information content (AvgIpc) is 2.93. The highest BCUT2D eigenvalue weighted by Gasteiger charge is 2.35. The number of ether oxygens (including phenoxy) is 1. The van der Waals surface area contributed by atoms with E-state index in [1.54, 1.807) is 31.2 Å². The molecule has 0 saturated carbocycles. The van der Waals surface area contributed by atoms with Crippen molar-refractivity contribution in [2.24, 2.45) is 0 Å². The van der Waals surface area contributed by atoms with E-state index in [1.165, 1.54) is 24.1 Å². The molecule has 12 heteroatoms. The van der Waals surface area contributed by atoms with E-state index in [9.17, 15) is 28.1 Å². The zero-order valence-electron chi connectivity index (χ0n) is 25.2. The first kappa shape index (κ1) is 33.1. The predicted molar refractivity (Wildman–Crippen MR) is 165 cm³/mol. The van der Waals surface area contributed by atoms with Crippen molar-refractivity contribution in [1.82, 2.24) is 10.2 Å². The quantitative estimate of drug-likeness (QED) is 0.239. The molecule has 3 rings (SSSR count). The van der Waals surface area contributed by atoms with Crippen LogP contribution in [0.1, 0.15) is 37.5 Å². The van der Waals surface area contributed by atoms with E-state index in [2.05, 4.69) is 5.32 Å². The Morgan fingerprint density at radius 3 is 2.23 bits per heavy atom. The molecular formula is C31H38N4O7S. The summed E-state index contributed by atoms with van der Waals surface area (Å²) in [7, 11) is -2.57. The third-order valence-electron chi connectivity index (χ3n) is 6.61. The number of anilines is 1. The van der Waals surface area contributed by atoms with E-state index in [4.69, 9.17) is 4.74 Å². The van der Waals surface area contributed by atoms with Crippen molar-refractivity contribution in [3.63, 3.8) is 0 Å². The lowest BCUT2D eigenvalue weighted by Crippen LogP contribution is -2.56. The van der Waals surface area contributed by atoms with Crippen LogP contribution in [-0.4, -0.2) is 61.5 Å². The fraction of sp³-hybridized carbons (Fsp3) is 0.355. The topological polar surface area (TPSA) is 139 Å². The third kappa shape index (κ3) is 9.27. The molecule has 0 aliphatic carbocycles. The van der Waals surface area contributed by atoms with Crippen LogP contribution < -0.4 is 14.4 Å². The van der Waals surface area contributed by atoms with Crippen LogP contribution in [0, 0.1) is 17.0 Å². The second-order valence-corrected chi connectivity index (χ2v) is 13.2. The molecule has 2 amide bonds. The highest BCUT2D eigenvalue weighted by Crippen LogP contribution is 2.28. The molecule has 0 aromatic heterocycles. The maximum Gasteiger partial charge on any atom is 0.271 e. The number of rotatable bonds is 12. The molecular weight excluding hydrogens is 572 g/mol. The number of non-ortho nitro benzene ring substituents is 1. The van der Waals surface area contributed by atoms with Crippen LogP contribution in [0.4, 0.5) is 11.4 Å². The van der Waals surface area contributed by atoms with Gasteiger partial charge in [-0.05, 0) is 56.5 Å². The van der Waals surface area contributed by atoms with Gasteiger partial charge in [-0.15, -0.1) is 0 Å². The molecule has 1 N–H and O–H groups in total. The first-order valence-corrected chi connectivity index (χ1v) is 15.4. The normalized spacial score (nSPS) is 12.2. The smallest absolute Gasteiger partial charge is 0.271 e. The van der Waals surface area contributed by atoms with E-state index in [1.807, 2.05) is 51.1 Å². The van der Waals surface area contributed by atoms with Gasteiger partial charge in [0.2, 0.25) is 21.8 Å². The minimum Gasteiger partial charge on any atom is -0.497 e. The second-order valence-electron chi connectivity index (χ2n) is 11.3. The maximum absolute atomic E-state index is 14.2. The first-order valence-electron chi connectivity index (χ1n) is 13.6. The Kier molecular flexibility index (Phi) is 10.5. The van der Waals surface area contributed by atoms with Crippen LogP contribution in [0.2, 0.25) is 0 Å². The molecule has 0 fully saturated rings. The zero-order valence-corrected chi connectivity index (χ0v) is 26.1. The lowest BCUT2D eigenvalue weighted by molar-refractivity contribution is -0.384. The Hall–Kier alpha value is -4.45. The Labute approximate surface area is 252 Å². The van der Waals surface area contributed by atoms with E-state index in [0.717, 1.165) is 22.2 Å². The summed E-state index contributed by atoms with van der Waals surface area (Å²) in [6.45, 7) is 6.37. The van der Waals surface area contributed by atoms with Crippen molar-refractivity contribution in [3.05, 3.63) is 99.6 Å². The van der Waals surface area contributed by atoms with Crippen molar-refractivity contribution in [2.45, 2.75) is 52.2 Å². The van der Waals surface area contributed by atoms with Gasteiger partial charge in [-0.1, -0.05) is 48.5 Å². The summed E-state index contributed by atoms with van der Waals surface area (Å²) in [4.78, 5) is 40.3. The van der Waals surface area contributed by atoms with Crippen molar-refractivity contribution >= 4 is 33.2 Å². The fourth-order valence-electron chi connectivity index (χ4n) is 4.55. The first-order chi connectivity index (χ1) is 20.1. The van der Waals surface area contributed by atoms with Crippen molar-refractivity contribution in [3.8, 4) is 5.75 Å². The highest BCUT2D eigenvalue weighted by molar-refractivity contribution is 7.92. The number of benzene rings is 3. The Bertz CT molecular complexity index is 1570. The van der Waals surface area contributed by atoms with Gasteiger partial charge in [0.25, 0.3) is 5.69 Å². The van der Waals surface area contributed by atoms with Crippen LogP contribution in [0.3, 0.4) is 0 Å². The largest absolute Gasteiger partial charge is 0.497 e. The molecule has 0 spiro atoms. The van der Waals surface area contributed by atoms with Gasteiger partial charge in [0.05, 0.1) is 24.0 Å². The number of carbonyl (C=O) groups is 2. The monoisotopic (exact) mass is 610 g/mol. The summed E-state index contributed by atoms with van der Waals surface area (Å²) in [5, 5.41) is 14.4. The maximum atomic E-state index is 14.2. The number of nitrogens with zero attached hydrogens (tertiary/aromatic N) is 3. The summed E-state index contributed by atoms with van der Waals surface area (Å²) in [6, 6.07) is 19.0. The van der Waals surface area contributed by atoms with Gasteiger partial charge in [-0.3, -0.25) is 24.0 Å². The molecule has 0 bridgehead atoms. The summed E-state index contributed by atoms with van der Waals surface area (Å²) in [5.41, 5.74) is 0.956. The molecule has 0 saturated heterocycles. The van der Waals surface area contributed by atoms with Gasteiger partial charge in [0, 0.05) is 30.6 Å². The highest BCUT2D eigenvalue weighted by atomic mass is 32.2. The van der Waals surface area contributed by atoms with E-state index < -0.39 is 44.9 Å². The summed E-state index contributed by atoms with van der Waals surface area (Å²) >= 11 is 0. The average molecular weight is 611 g/mol.